The van der Waals surface area contributed by atoms with Gasteiger partial charge in [0.25, 0.3) is 5.91 Å². The fourth-order valence-corrected chi connectivity index (χ4v) is 5.33. The Labute approximate surface area is 148 Å². The number of hydrogen-bond acceptors (Lipinski definition) is 5. The number of ether oxygens (including phenoxy) is 1. The Morgan fingerprint density at radius 3 is 2.60 bits per heavy atom. The second-order valence-corrected chi connectivity index (χ2v) is 9.19. The maximum atomic E-state index is 12.6. The zero-order valence-electron chi connectivity index (χ0n) is 15.0. The molecule has 1 aromatic heterocycles. The summed E-state index contributed by atoms with van der Waals surface area (Å²) in [4.78, 5) is 14.5. The number of sulfonamides is 1. The average molecular weight is 370 g/mol. The van der Waals surface area contributed by atoms with E-state index in [4.69, 9.17) is 4.74 Å². The number of carbonyl (C=O) groups is 1. The second-order valence-electron chi connectivity index (χ2n) is 7.25. The van der Waals surface area contributed by atoms with Crippen LogP contribution in [0, 0.1) is 5.41 Å². The van der Waals surface area contributed by atoms with Crippen molar-refractivity contribution < 1.29 is 17.9 Å². The van der Waals surface area contributed by atoms with Crippen LogP contribution < -0.4 is 0 Å². The lowest BCUT2D eigenvalue weighted by Crippen LogP contribution is -2.45. The minimum atomic E-state index is -3.26. The topological polar surface area (TPSA) is 84.7 Å². The predicted molar refractivity (Wildman–Crippen MR) is 92.6 cm³/mol. The van der Waals surface area contributed by atoms with Crippen molar-refractivity contribution in [3.63, 3.8) is 0 Å². The van der Waals surface area contributed by atoms with E-state index in [0.717, 1.165) is 19.3 Å². The standard InChI is InChI=1S/C16H26N4O4S/c1-18-14(4-7-17-18)15(21)19-8-5-16(6-9-19)10-13(11-24-2)20(12-16)25(3,22)23/h4,7,13H,5-6,8-12H2,1-3H3. The molecular weight excluding hydrogens is 344 g/mol. The van der Waals surface area contributed by atoms with Gasteiger partial charge in [-0.05, 0) is 30.7 Å². The zero-order valence-corrected chi connectivity index (χ0v) is 15.8. The van der Waals surface area contributed by atoms with Crippen LogP contribution in [0.1, 0.15) is 29.8 Å². The Morgan fingerprint density at radius 2 is 2.08 bits per heavy atom. The third-order valence-corrected chi connectivity index (χ3v) is 6.78. The molecule has 25 heavy (non-hydrogen) atoms. The normalized spacial score (nSPS) is 24.1. The van der Waals surface area contributed by atoms with Crippen LogP contribution in [0.15, 0.2) is 12.3 Å². The number of aryl methyl sites for hydroxylation is 1. The number of nitrogens with zero attached hydrogens (tertiary/aromatic N) is 4. The van der Waals surface area contributed by atoms with E-state index < -0.39 is 10.0 Å². The molecule has 2 aliphatic rings. The van der Waals surface area contributed by atoms with E-state index >= 15 is 0 Å². The highest BCUT2D eigenvalue weighted by Crippen LogP contribution is 2.44. The summed E-state index contributed by atoms with van der Waals surface area (Å²) in [6, 6.07) is 1.61. The van der Waals surface area contributed by atoms with Crippen LogP contribution in [0.3, 0.4) is 0 Å². The minimum absolute atomic E-state index is 0.0127. The van der Waals surface area contributed by atoms with Crippen molar-refractivity contribution in [1.29, 1.82) is 0 Å². The summed E-state index contributed by atoms with van der Waals surface area (Å²) in [5.41, 5.74) is 0.521. The van der Waals surface area contributed by atoms with Gasteiger partial charge in [0.05, 0.1) is 12.9 Å². The van der Waals surface area contributed by atoms with Crippen LogP contribution in [-0.4, -0.2) is 79.0 Å². The molecule has 1 atom stereocenters. The monoisotopic (exact) mass is 370 g/mol. The van der Waals surface area contributed by atoms with Crippen molar-refractivity contribution in [2.45, 2.75) is 25.3 Å². The highest BCUT2D eigenvalue weighted by atomic mass is 32.2. The first-order chi connectivity index (χ1) is 11.8. The van der Waals surface area contributed by atoms with Crippen molar-refractivity contribution in [1.82, 2.24) is 19.0 Å². The van der Waals surface area contributed by atoms with Crippen LogP contribution in [0.25, 0.3) is 0 Å². The third-order valence-electron chi connectivity index (χ3n) is 5.50. The van der Waals surface area contributed by atoms with E-state index in [1.54, 1.807) is 35.4 Å². The molecule has 2 aliphatic heterocycles. The summed E-state index contributed by atoms with van der Waals surface area (Å²) in [6.45, 7) is 2.21. The van der Waals surface area contributed by atoms with Gasteiger partial charge in [0.15, 0.2) is 0 Å². The summed E-state index contributed by atoms with van der Waals surface area (Å²) in [5, 5.41) is 4.05. The van der Waals surface area contributed by atoms with Gasteiger partial charge in [0.1, 0.15) is 5.69 Å². The van der Waals surface area contributed by atoms with Crippen LogP contribution in [0.2, 0.25) is 0 Å². The Bertz CT molecular complexity index is 737. The third kappa shape index (κ3) is 3.58. The molecule has 3 rings (SSSR count). The van der Waals surface area contributed by atoms with Crippen LogP contribution in [0.4, 0.5) is 0 Å². The number of rotatable bonds is 4. The molecular formula is C16H26N4O4S. The zero-order chi connectivity index (χ0) is 18.2. The molecule has 8 nitrogen and oxygen atoms in total. The largest absolute Gasteiger partial charge is 0.383 e. The average Bonchev–Trinajstić information content (AvgIpc) is 3.12. The first kappa shape index (κ1) is 18.3. The molecule has 0 aliphatic carbocycles. The maximum Gasteiger partial charge on any atom is 0.272 e. The van der Waals surface area contributed by atoms with E-state index in [1.165, 1.54) is 6.26 Å². The van der Waals surface area contributed by atoms with Gasteiger partial charge in [-0.3, -0.25) is 9.48 Å². The quantitative estimate of drug-likeness (QED) is 0.762. The van der Waals surface area contributed by atoms with Gasteiger partial charge in [-0.15, -0.1) is 0 Å². The van der Waals surface area contributed by atoms with Gasteiger partial charge in [0.2, 0.25) is 10.0 Å². The molecule has 2 fully saturated rings. The number of aromatic nitrogens is 2. The number of carbonyl (C=O) groups excluding carboxylic acids is 1. The molecule has 2 saturated heterocycles. The molecule has 1 unspecified atom stereocenters. The number of hydrogen-bond donors (Lipinski definition) is 0. The SMILES string of the molecule is COCC1CC2(CCN(C(=O)c3ccnn3C)CC2)CN1S(C)(=O)=O. The fourth-order valence-electron chi connectivity index (χ4n) is 4.14. The summed E-state index contributed by atoms with van der Waals surface area (Å²) in [5.74, 6) is -0.0127. The van der Waals surface area contributed by atoms with Crippen LogP contribution in [0.5, 0.6) is 0 Å². The Kier molecular flexibility index (Phi) is 4.91. The molecule has 1 spiro atoms. The van der Waals surface area contributed by atoms with Gasteiger partial charge >= 0.3 is 0 Å². The van der Waals surface area contributed by atoms with E-state index in [9.17, 15) is 13.2 Å². The summed E-state index contributed by atoms with van der Waals surface area (Å²) < 4.78 is 32.6. The van der Waals surface area contributed by atoms with Crippen molar-refractivity contribution in [2.75, 3.05) is 39.6 Å². The Balaban J connectivity index is 1.69. The summed E-state index contributed by atoms with van der Waals surface area (Å²) in [7, 11) is 0.0977. The van der Waals surface area contributed by atoms with E-state index in [2.05, 4.69) is 5.10 Å². The highest BCUT2D eigenvalue weighted by Gasteiger charge is 2.48. The summed E-state index contributed by atoms with van der Waals surface area (Å²) >= 11 is 0. The molecule has 1 aromatic rings. The van der Waals surface area contributed by atoms with Gasteiger partial charge < -0.3 is 9.64 Å². The van der Waals surface area contributed by atoms with Crippen LogP contribution in [-0.2, 0) is 21.8 Å². The molecule has 1 amide bonds. The Morgan fingerprint density at radius 1 is 1.40 bits per heavy atom. The molecule has 3 heterocycles. The molecule has 0 saturated carbocycles. The minimum Gasteiger partial charge on any atom is -0.383 e. The molecule has 0 radical (unpaired) electrons. The highest BCUT2D eigenvalue weighted by molar-refractivity contribution is 7.88. The van der Waals surface area contributed by atoms with E-state index in [-0.39, 0.29) is 17.4 Å². The second kappa shape index (κ2) is 6.69. The molecule has 9 heteroatoms. The van der Waals surface area contributed by atoms with Crippen molar-refractivity contribution in [3.05, 3.63) is 18.0 Å². The maximum absolute atomic E-state index is 12.6. The molecule has 0 aromatic carbocycles. The van der Waals surface area contributed by atoms with Crippen molar-refractivity contribution in [2.24, 2.45) is 12.5 Å². The van der Waals surface area contributed by atoms with Crippen LogP contribution >= 0.6 is 0 Å². The van der Waals surface area contributed by atoms with Gasteiger partial charge in [-0.2, -0.15) is 9.40 Å². The Hall–Kier alpha value is -1.45. The fraction of sp³-hybridized carbons (Fsp3) is 0.750. The molecule has 140 valence electrons. The smallest absolute Gasteiger partial charge is 0.272 e. The van der Waals surface area contributed by atoms with Gasteiger partial charge in [-0.1, -0.05) is 0 Å². The van der Waals surface area contributed by atoms with Crippen molar-refractivity contribution in [3.8, 4) is 0 Å². The first-order valence-corrected chi connectivity index (χ1v) is 10.3. The summed E-state index contributed by atoms with van der Waals surface area (Å²) in [6.07, 6.45) is 5.29. The van der Waals surface area contributed by atoms with E-state index in [0.29, 0.717) is 31.9 Å². The number of amides is 1. The first-order valence-electron chi connectivity index (χ1n) is 8.49. The lowest BCUT2D eigenvalue weighted by molar-refractivity contribution is 0.0584. The molecule has 0 N–H and O–H groups in total. The van der Waals surface area contributed by atoms with E-state index in [1.807, 2.05) is 4.90 Å². The molecule has 0 bridgehead atoms. The van der Waals surface area contributed by atoms with Gasteiger partial charge in [-0.25, -0.2) is 8.42 Å². The number of likely N-dealkylation sites (tertiary alicyclic amines) is 1. The van der Waals surface area contributed by atoms with Gasteiger partial charge in [0, 0.05) is 46.0 Å². The number of piperidine rings is 1. The predicted octanol–water partition coefficient (Wildman–Crippen LogP) is 0.323. The lowest BCUT2D eigenvalue weighted by atomic mass is 9.76. The van der Waals surface area contributed by atoms with Crippen molar-refractivity contribution >= 4 is 15.9 Å². The lowest BCUT2D eigenvalue weighted by Gasteiger charge is -2.39. The number of methoxy groups -OCH3 is 1.